The molecule has 0 spiro atoms. The Morgan fingerprint density at radius 2 is 1.82 bits per heavy atom. The molecule has 0 aliphatic carbocycles. The smallest absolute Gasteiger partial charge is 0.416 e. The highest BCUT2D eigenvalue weighted by Gasteiger charge is 2.37. The van der Waals surface area contributed by atoms with E-state index >= 15 is 0 Å². The normalized spacial score (nSPS) is 13.9. The first-order valence-corrected chi connectivity index (χ1v) is 11.9. The first-order valence-electron chi connectivity index (χ1n) is 8.96. The number of nitrogens with one attached hydrogen (secondary N) is 1. The quantitative estimate of drug-likeness (QED) is 0.619. The van der Waals surface area contributed by atoms with Crippen molar-refractivity contribution in [3.63, 3.8) is 0 Å². The van der Waals surface area contributed by atoms with Gasteiger partial charge in [0.05, 0.1) is 12.0 Å². The van der Waals surface area contributed by atoms with E-state index in [1.165, 1.54) is 12.1 Å². The zero-order valence-electron chi connectivity index (χ0n) is 16.8. The number of carboxylic acid groups (broad SMARTS) is 1. The molecule has 5 nitrogen and oxygen atoms in total. The monoisotopic (exact) mass is 419 g/mol. The van der Waals surface area contributed by atoms with Gasteiger partial charge in [0.15, 0.2) is 8.32 Å². The fourth-order valence-electron chi connectivity index (χ4n) is 2.19. The van der Waals surface area contributed by atoms with Crippen molar-refractivity contribution in [2.24, 2.45) is 0 Å². The van der Waals surface area contributed by atoms with Crippen molar-refractivity contribution < 1.29 is 32.3 Å². The van der Waals surface area contributed by atoms with Crippen molar-refractivity contribution in [1.82, 2.24) is 5.32 Å². The number of hydrogen-bond donors (Lipinski definition) is 2. The standard InChI is InChI=1S/C19H28F3NO4Si/c1-18(2,3)28(4,5)27-10-9-15(17(25)26)23-16(24)12-13-7-6-8-14(11-13)19(20,21)22/h6-8,11,15H,9-10,12H2,1-5H3,(H,23,24)(H,25,26)/t15-/m0/s1. The van der Waals surface area contributed by atoms with Crippen molar-refractivity contribution in [3.05, 3.63) is 35.4 Å². The van der Waals surface area contributed by atoms with Gasteiger partial charge in [-0.15, -0.1) is 0 Å². The molecule has 1 aromatic rings. The second kappa shape index (κ2) is 9.08. The lowest BCUT2D eigenvalue weighted by molar-refractivity contribution is -0.142. The molecule has 28 heavy (non-hydrogen) atoms. The zero-order valence-corrected chi connectivity index (χ0v) is 17.8. The van der Waals surface area contributed by atoms with Crippen LogP contribution in [-0.2, 0) is 26.6 Å². The number of alkyl halides is 3. The van der Waals surface area contributed by atoms with Crippen LogP contribution >= 0.6 is 0 Å². The fraction of sp³-hybridized carbons (Fsp3) is 0.579. The van der Waals surface area contributed by atoms with Crippen molar-refractivity contribution in [1.29, 1.82) is 0 Å². The number of carbonyl (C=O) groups excluding carboxylic acids is 1. The van der Waals surface area contributed by atoms with Gasteiger partial charge < -0.3 is 14.8 Å². The van der Waals surface area contributed by atoms with Crippen LogP contribution in [-0.4, -0.2) is 37.9 Å². The van der Waals surface area contributed by atoms with Gasteiger partial charge in [-0.05, 0) is 29.8 Å². The summed E-state index contributed by atoms with van der Waals surface area (Å²) in [5, 5.41) is 11.7. The topological polar surface area (TPSA) is 75.6 Å². The van der Waals surface area contributed by atoms with Crippen molar-refractivity contribution in [2.75, 3.05) is 6.61 Å². The summed E-state index contributed by atoms with van der Waals surface area (Å²) >= 11 is 0. The first-order chi connectivity index (χ1) is 12.6. The predicted molar refractivity (Wildman–Crippen MR) is 102 cm³/mol. The van der Waals surface area contributed by atoms with Crippen LogP contribution in [0.1, 0.15) is 38.3 Å². The van der Waals surface area contributed by atoms with E-state index < -0.39 is 38.0 Å². The van der Waals surface area contributed by atoms with Crippen LogP contribution in [0.2, 0.25) is 18.1 Å². The van der Waals surface area contributed by atoms with Crippen LogP contribution in [0, 0.1) is 0 Å². The van der Waals surface area contributed by atoms with Crippen LogP contribution in [0.15, 0.2) is 24.3 Å². The third-order valence-corrected chi connectivity index (χ3v) is 9.47. The minimum absolute atomic E-state index is 0.0293. The molecule has 0 bridgehead atoms. The van der Waals surface area contributed by atoms with Crippen LogP contribution in [0.25, 0.3) is 0 Å². The lowest BCUT2D eigenvalue weighted by Crippen LogP contribution is -2.45. The highest BCUT2D eigenvalue weighted by Crippen LogP contribution is 2.36. The summed E-state index contributed by atoms with van der Waals surface area (Å²) < 4.78 is 44.2. The third-order valence-electron chi connectivity index (χ3n) is 4.93. The Bertz CT molecular complexity index is 699. The van der Waals surface area contributed by atoms with Gasteiger partial charge in [0, 0.05) is 13.0 Å². The van der Waals surface area contributed by atoms with Crippen molar-refractivity contribution in [3.8, 4) is 0 Å². The van der Waals surface area contributed by atoms with E-state index in [1.807, 2.05) is 13.1 Å². The van der Waals surface area contributed by atoms with E-state index in [1.54, 1.807) is 0 Å². The molecule has 0 aliphatic rings. The summed E-state index contributed by atoms with van der Waals surface area (Å²) in [5.74, 6) is -1.87. The van der Waals surface area contributed by atoms with E-state index in [4.69, 9.17) is 4.43 Å². The van der Waals surface area contributed by atoms with Crippen molar-refractivity contribution in [2.45, 2.75) is 64.0 Å². The lowest BCUT2D eigenvalue weighted by atomic mass is 10.1. The Morgan fingerprint density at radius 1 is 1.21 bits per heavy atom. The molecule has 0 saturated heterocycles. The molecule has 1 aromatic carbocycles. The Balaban J connectivity index is 2.67. The molecule has 0 aliphatic heterocycles. The van der Waals surface area contributed by atoms with Crippen LogP contribution < -0.4 is 5.32 Å². The molecule has 0 heterocycles. The highest BCUT2D eigenvalue weighted by molar-refractivity contribution is 6.74. The number of hydrogen-bond acceptors (Lipinski definition) is 3. The Kier molecular flexibility index (Phi) is 7.84. The molecule has 0 fully saturated rings. The predicted octanol–water partition coefficient (Wildman–Crippen LogP) is 4.23. The number of carboxylic acids is 1. The molecule has 158 valence electrons. The Morgan fingerprint density at radius 3 is 2.32 bits per heavy atom. The molecule has 2 N–H and O–H groups in total. The summed E-state index contributed by atoms with van der Waals surface area (Å²) in [7, 11) is -2.04. The van der Waals surface area contributed by atoms with Crippen LogP contribution in [0.4, 0.5) is 13.2 Å². The third kappa shape index (κ3) is 7.27. The van der Waals surface area contributed by atoms with Gasteiger partial charge in [-0.3, -0.25) is 4.79 Å². The van der Waals surface area contributed by atoms with E-state index in [-0.39, 0.29) is 30.1 Å². The molecule has 1 amide bonds. The molecule has 1 atom stereocenters. The molecular formula is C19H28F3NO4Si. The van der Waals surface area contributed by atoms with Gasteiger partial charge in [-0.25, -0.2) is 4.79 Å². The van der Waals surface area contributed by atoms with Crippen LogP contribution in [0.5, 0.6) is 0 Å². The van der Waals surface area contributed by atoms with Gasteiger partial charge in [0.1, 0.15) is 6.04 Å². The number of carbonyl (C=O) groups is 2. The first kappa shape index (κ1) is 24.2. The maximum Gasteiger partial charge on any atom is 0.416 e. The minimum Gasteiger partial charge on any atom is -0.480 e. The Hall–Kier alpha value is -1.87. The molecule has 0 aromatic heterocycles. The van der Waals surface area contributed by atoms with E-state index in [2.05, 4.69) is 26.1 Å². The minimum atomic E-state index is -4.50. The summed E-state index contributed by atoms with van der Waals surface area (Å²) in [5.41, 5.74) is -0.690. The summed E-state index contributed by atoms with van der Waals surface area (Å²) in [4.78, 5) is 23.5. The molecule has 0 unspecified atom stereocenters. The average molecular weight is 420 g/mol. The van der Waals surface area contributed by atoms with Crippen molar-refractivity contribution >= 4 is 20.2 Å². The maximum atomic E-state index is 12.8. The fourth-order valence-corrected chi connectivity index (χ4v) is 3.26. The largest absolute Gasteiger partial charge is 0.480 e. The molecule has 0 saturated carbocycles. The second-order valence-corrected chi connectivity index (χ2v) is 13.0. The van der Waals surface area contributed by atoms with E-state index in [0.29, 0.717) is 0 Å². The zero-order chi connectivity index (χ0) is 21.8. The van der Waals surface area contributed by atoms with E-state index in [0.717, 1.165) is 12.1 Å². The number of amides is 1. The lowest BCUT2D eigenvalue weighted by Gasteiger charge is -2.36. The van der Waals surface area contributed by atoms with Gasteiger partial charge in [0.25, 0.3) is 0 Å². The number of benzene rings is 1. The van der Waals surface area contributed by atoms with E-state index in [9.17, 15) is 27.9 Å². The molecule has 1 rings (SSSR count). The van der Waals surface area contributed by atoms with Gasteiger partial charge in [-0.1, -0.05) is 39.0 Å². The highest BCUT2D eigenvalue weighted by atomic mass is 28.4. The average Bonchev–Trinajstić information content (AvgIpc) is 2.52. The van der Waals surface area contributed by atoms with Gasteiger partial charge in [0.2, 0.25) is 5.91 Å². The van der Waals surface area contributed by atoms with Crippen LogP contribution in [0.3, 0.4) is 0 Å². The summed E-state index contributed by atoms with van der Waals surface area (Å²) in [6.07, 6.45) is -4.76. The Labute approximate surface area is 164 Å². The molecule has 0 radical (unpaired) electrons. The van der Waals surface area contributed by atoms with Gasteiger partial charge in [-0.2, -0.15) is 13.2 Å². The number of rotatable bonds is 8. The molecular weight excluding hydrogens is 391 g/mol. The number of halogens is 3. The second-order valence-electron chi connectivity index (χ2n) is 8.23. The SMILES string of the molecule is CC(C)(C)[Si](C)(C)OCC[C@H](NC(=O)Cc1cccc(C(F)(F)F)c1)C(=O)O. The maximum absolute atomic E-state index is 12.8. The summed E-state index contributed by atoms with van der Waals surface area (Å²) in [6, 6.07) is 3.25. The number of aliphatic carboxylic acids is 1. The molecule has 9 heteroatoms. The summed E-state index contributed by atoms with van der Waals surface area (Å²) in [6.45, 7) is 10.4. The van der Waals surface area contributed by atoms with Gasteiger partial charge >= 0.3 is 12.1 Å².